The van der Waals surface area contributed by atoms with Crippen molar-refractivity contribution in [3.63, 3.8) is 0 Å². The number of aromatic nitrogens is 4. The van der Waals surface area contributed by atoms with Gasteiger partial charge in [0.25, 0.3) is 0 Å². The molecule has 0 radical (unpaired) electrons. The number of anilines is 1. The van der Waals surface area contributed by atoms with E-state index in [9.17, 15) is 8.42 Å². The van der Waals surface area contributed by atoms with Gasteiger partial charge >= 0.3 is 0 Å². The van der Waals surface area contributed by atoms with Gasteiger partial charge in [-0.3, -0.25) is 0 Å². The largest absolute Gasteiger partial charge is 0.384 e. The number of hydrogen-bond acceptors (Lipinski definition) is 6. The second-order valence-electron chi connectivity index (χ2n) is 3.92. The van der Waals surface area contributed by atoms with E-state index >= 15 is 0 Å². The number of pyridine rings is 1. The van der Waals surface area contributed by atoms with Crippen LogP contribution in [0.15, 0.2) is 29.6 Å². The molecule has 8 nitrogen and oxygen atoms in total. The van der Waals surface area contributed by atoms with Gasteiger partial charge in [0.1, 0.15) is 22.9 Å². The molecular formula is C10H14N6O2S. The quantitative estimate of drug-likeness (QED) is 0.750. The van der Waals surface area contributed by atoms with Crippen molar-refractivity contribution in [1.82, 2.24) is 24.5 Å². The van der Waals surface area contributed by atoms with Crippen LogP contribution in [-0.2, 0) is 23.5 Å². The third-order valence-corrected chi connectivity index (χ3v) is 3.96. The lowest BCUT2D eigenvalue weighted by Crippen LogP contribution is -2.26. The van der Waals surface area contributed by atoms with Crippen molar-refractivity contribution in [2.24, 2.45) is 7.05 Å². The summed E-state index contributed by atoms with van der Waals surface area (Å²) in [6, 6.07) is 2.85. The highest BCUT2D eigenvalue weighted by atomic mass is 32.2. The van der Waals surface area contributed by atoms with E-state index in [2.05, 4.69) is 19.9 Å². The molecule has 0 bridgehead atoms. The van der Waals surface area contributed by atoms with Gasteiger partial charge in [-0.15, -0.1) is 10.2 Å². The summed E-state index contributed by atoms with van der Waals surface area (Å²) in [6.45, 7) is 0.235. The number of nitrogen functional groups attached to an aromatic ring is 1. The van der Waals surface area contributed by atoms with E-state index in [0.29, 0.717) is 12.2 Å². The van der Waals surface area contributed by atoms with Gasteiger partial charge in [-0.1, -0.05) is 0 Å². The Kier molecular flexibility index (Phi) is 3.76. The average Bonchev–Trinajstić information content (AvgIpc) is 2.75. The number of nitrogens with zero attached hydrogens (tertiary/aromatic N) is 4. The Morgan fingerprint density at radius 3 is 2.79 bits per heavy atom. The third-order valence-electron chi connectivity index (χ3n) is 2.52. The molecule has 0 aliphatic heterocycles. The van der Waals surface area contributed by atoms with Gasteiger partial charge in [0.15, 0.2) is 0 Å². The molecule has 2 aromatic rings. The van der Waals surface area contributed by atoms with Gasteiger partial charge in [-0.2, -0.15) is 0 Å². The van der Waals surface area contributed by atoms with Crippen LogP contribution in [0.1, 0.15) is 5.82 Å². The fourth-order valence-electron chi connectivity index (χ4n) is 1.46. The molecule has 0 saturated heterocycles. The smallest absolute Gasteiger partial charge is 0.242 e. The lowest BCUT2D eigenvalue weighted by atomic mass is 10.4. The Labute approximate surface area is 110 Å². The summed E-state index contributed by atoms with van der Waals surface area (Å²) in [5, 5.41) is 7.59. The molecule has 0 aliphatic rings. The number of aryl methyl sites for hydroxylation is 1. The Balaban J connectivity index is 1.98. The molecule has 0 aliphatic carbocycles. The Bertz CT molecular complexity index is 649. The van der Waals surface area contributed by atoms with Crippen LogP contribution in [0.25, 0.3) is 0 Å². The zero-order chi connectivity index (χ0) is 13.9. The minimum atomic E-state index is -3.57. The summed E-state index contributed by atoms with van der Waals surface area (Å²) in [7, 11) is -1.77. The highest BCUT2D eigenvalue weighted by molar-refractivity contribution is 7.89. The lowest BCUT2D eigenvalue weighted by molar-refractivity contribution is 0.579. The maximum Gasteiger partial charge on any atom is 0.242 e. The number of hydrogen-bond donors (Lipinski definition) is 2. The highest BCUT2D eigenvalue weighted by Gasteiger charge is 2.14. The number of sulfonamides is 1. The predicted molar refractivity (Wildman–Crippen MR) is 68.5 cm³/mol. The minimum absolute atomic E-state index is 0.0830. The molecule has 2 heterocycles. The van der Waals surface area contributed by atoms with Crippen LogP contribution >= 0.6 is 0 Å². The molecule has 19 heavy (non-hydrogen) atoms. The SMILES string of the molecule is Cn1cnnc1CCNS(=O)(=O)c1ccc(N)nc1. The molecule has 3 N–H and O–H groups in total. The molecule has 0 atom stereocenters. The standard InChI is InChI=1S/C10H14N6O2S/c1-16-7-13-15-10(16)4-5-14-19(17,18)8-2-3-9(11)12-6-8/h2-3,6-7,14H,4-5H2,1H3,(H2,11,12). The van der Waals surface area contributed by atoms with Crippen molar-refractivity contribution in [2.75, 3.05) is 12.3 Å². The van der Waals surface area contributed by atoms with Crippen LogP contribution in [0.2, 0.25) is 0 Å². The Morgan fingerprint density at radius 1 is 1.42 bits per heavy atom. The van der Waals surface area contributed by atoms with Crippen LogP contribution < -0.4 is 10.5 Å². The molecule has 0 unspecified atom stereocenters. The molecule has 0 aromatic carbocycles. The molecule has 0 fully saturated rings. The minimum Gasteiger partial charge on any atom is -0.384 e. The number of nitrogens with one attached hydrogen (secondary N) is 1. The van der Waals surface area contributed by atoms with Gasteiger partial charge in [-0.05, 0) is 12.1 Å². The topological polar surface area (TPSA) is 116 Å². The molecule has 0 spiro atoms. The van der Waals surface area contributed by atoms with E-state index in [0.717, 1.165) is 0 Å². The molecule has 0 saturated carbocycles. The predicted octanol–water partition coefficient (Wildman–Crippen LogP) is -0.687. The van der Waals surface area contributed by atoms with Crippen LogP contribution in [0.5, 0.6) is 0 Å². The monoisotopic (exact) mass is 282 g/mol. The van der Waals surface area contributed by atoms with E-state index < -0.39 is 10.0 Å². The van der Waals surface area contributed by atoms with E-state index in [1.165, 1.54) is 18.3 Å². The van der Waals surface area contributed by atoms with Crippen LogP contribution in [0.3, 0.4) is 0 Å². The molecule has 9 heteroatoms. The number of rotatable bonds is 5. The van der Waals surface area contributed by atoms with Crippen molar-refractivity contribution in [1.29, 1.82) is 0 Å². The zero-order valence-corrected chi connectivity index (χ0v) is 11.1. The van der Waals surface area contributed by atoms with Gasteiger partial charge < -0.3 is 10.3 Å². The summed E-state index contributed by atoms with van der Waals surface area (Å²) < 4.78 is 28.0. The highest BCUT2D eigenvalue weighted by Crippen LogP contribution is 2.08. The maximum atomic E-state index is 11.9. The van der Waals surface area contributed by atoms with E-state index in [1.807, 2.05) is 0 Å². The van der Waals surface area contributed by atoms with Crippen molar-refractivity contribution in [3.8, 4) is 0 Å². The third kappa shape index (κ3) is 3.26. The summed E-state index contributed by atoms with van der Waals surface area (Å²) in [4.78, 5) is 3.83. The van der Waals surface area contributed by atoms with Crippen molar-refractivity contribution in [2.45, 2.75) is 11.3 Å². The van der Waals surface area contributed by atoms with Crippen molar-refractivity contribution >= 4 is 15.8 Å². The first-order chi connectivity index (χ1) is 8.99. The lowest BCUT2D eigenvalue weighted by Gasteiger charge is -2.06. The van der Waals surface area contributed by atoms with Gasteiger partial charge in [0.05, 0.1) is 0 Å². The molecule has 0 amide bonds. The van der Waals surface area contributed by atoms with Crippen molar-refractivity contribution < 1.29 is 8.42 Å². The normalized spacial score (nSPS) is 11.6. The molecule has 2 aromatic heterocycles. The summed E-state index contributed by atoms with van der Waals surface area (Å²) in [6.07, 6.45) is 3.24. The fraction of sp³-hybridized carbons (Fsp3) is 0.300. The van der Waals surface area contributed by atoms with Gasteiger partial charge in [0, 0.05) is 26.2 Å². The first kappa shape index (κ1) is 13.4. The van der Waals surface area contributed by atoms with Crippen molar-refractivity contribution in [3.05, 3.63) is 30.5 Å². The molecular weight excluding hydrogens is 268 g/mol. The summed E-state index contributed by atoms with van der Waals surface area (Å²) in [5.74, 6) is 0.983. The van der Waals surface area contributed by atoms with Crippen LogP contribution in [0.4, 0.5) is 5.82 Å². The summed E-state index contributed by atoms with van der Waals surface area (Å²) in [5.41, 5.74) is 5.41. The zero-order valence-electron chi connectivity index (χ0n) is 10.3. The Morgan fingerprint density at radius 2 is 2.21 bits per heavy atom. The van der Waals surface area contributed by atoms with E-state index in [1.54, 1.807) is 17.9 Å². The second kappa shape index (κ2) is 5.33. The first-order valence-electron chi connectivity index (χ1n) is 5.53. The first-order valence-corrected chi connectivity index (χ1v) is 7.01. The van der Waals surface area contributed by atoms with Gasteiger partial charge in [0.2, 0.25) is 10.0 Å². The van der Waals surface area contributed by atoms with Crippen LogP contribution in [0, 0.1) is 0 Å². The van der Waals surface area contributed by atoms with Crippen LogP contribution in [-0.4, -0.2) is 34.7 Å². The average molecular weight is 282 g/mol. The second-order valence-corrected chi connectivity index (χ2v) is 5.69. The maximum absolute atomic E-state index is 11.9. The molecule has 102 valence electrons. The number of nitrogens with two attached hydrogens (primary N) is 1. The molecule has 2 rings (SSSR count). The van der Waals surface area contributed by atoms with Gasteiger partial charge in [-0.25, -0.2) is 18.1 Å². The van der Waals surface area contributed by atoms with E-state index in [4.69, 9.17) is 5.73 Å². The fourth-order valence-corrected chi connectivity index (χ4v) is 2.44. The summed E-state index contributed by atoms with van der Waals surface area (Å²) >= 11 is 0. The Hall–Kier alpha value is -2.00. The van der Waals surface area contributed by atoms with E-state index in [-0.39, 0.29) is 17.3 Å².